The first-order valence-corrected chi connectivity index (χ1v) is 7.05. The number of aromatic nitrogens is 1. The Morgan fingerprint density at radius 1 is 1.25 bits per heavy atom. The molecule has 2 aromatic rings. The number of ketones is 1. The Bertz CT molecular complexity index is 603. The molecule has 0 fully saturated rings. The molecule has 20 heavy (non-hydrogen) atoms. The molecule has 1 aromatic carbocycles. The summed E-state index contributed by atoms with van der Waals surface area (Å²) in [6.07, 6.45) is 4.86. The molecule has 1 aromatic heterocycles. The average Bonchev–Trinajstić information content (AvgIpc) is 2.47. The van der Waals surface area contributed by atoms with E-state index < -0.39 is 0 Å². The molecule has 0 aliphatic heterocycles. The number of pyridine rings is 1. The highest BCUT2D eigenvalue weighted by Gasteiger charge is 2.01. The Labute approximate surface area is 126 Å². The molecule has 0 unspecified atom stereocenters. The molecule has 0 saturated carbocycles. The van der Waals surface area contributed by atoms with Crippen molar-refractivity contribution in [1.29, 1.82) is 0 Å². The molecule has 2 rings (SSSR count). The molecule has 3 nitrogen and oxygen atoms in total. The Hall–Kier alpha value is -1.94. The van der Waals surface area contributed by atoms with Crippen LogP contribution in [0, 0.1) is 0 Å². The molecule has 0 atom stereocenters. The third kappa shape index (κ3) is 4.03. The minimum absolute atomic E-state index is 0.0480. The molecule has 1 heterocycles. The normalized spacial score (nSPS) is 10.7. The number of hydrogen-bond donors (Lipinski definition) is 0. The zero-order chi connectivity index (χ0) is 14.4. The lowest BCUT2D eigenvalue weighted by molar-refractivity contribution is 0.104. The van der Waals surface area contributed by atoms with Crippen LogP contribution in [0.4, 0.5) is 0 Å². The van der Waals surface area contributed by atoms with Crippen LogP contribution in [-0.4, -0.2) is 17.4 Å². The van der Waals surface area contributed by atoms with Gasteiger partial charge in [0.2, 0.25) is 0 Å². The van der Waals surface area contributed by atoms with Crippen LogP contribution in [0.3, 0.4) is 0 Å². The molecule has 0 bridgehead atoms. The summed E-state index contributed by atoms with van der Waals surface area (Å²) in [6, 6.07) is 10.9. The van der Waals surface area contributed by atoms with Gasteiger partial charge in [-0.3, -0.25) is 9.78 Å². The third-order valence-corrected chi connectivity index (χ3v) is 3.13. The first-order chi connectivity index (χ1) is 9.69. The van der Waals surface area contributed by atoms with Crippen molar-refractivity contribution in [1.82, 2.24) is 4.98 Å². The highest BCUT2D eigenvalue weighted by molar-refractivity contribution is 9.10. The Morgan fingerprint density at radius 2 is 2.00 bits per heavy atom. The lowest BCUT2D eigenvalue weighted by atomic mass is 10.1. The van der Waals surface area contributed by atoms with Gasteiger partial charge in [0.25, 0.3) is 0 Å². The SMILES string of the molecule is CCOc1ccc(C=CC(=O)c2ccc(Br)cc2)nc1. The molecule has 0 radical (unpaired) electrons. The van der Waals surface area contributed by atoms with Crippen LogP contribution in [-0.2, 0) is 0 Å². The standard InChI is InChI=1S/C16H14BrNO2/c1-2-20-15-9-7-14(18-11-15)8-10-16(19)12-3-5-13(17)6-4-12/h3-11H,2H2,1H3. The number of allylic oxidation sites excluding steroid dienone is 1. The van der Waals surface area contributed by atoms with Gasteiger partial charge in [0.05, 0.1) is 18.5 Å². The number of ether oxygens (including phenoxy) is 1. The fourth-order valence-corrected chi connectivity index (χ4v) is 1.88. The Morgan fingerprint density at radius 3 is 2.60 bits per heavy atom. The number of halogens is 1. The monoisotopic (exact) mass is 331 g/mol. The maximum Gasteiger partial charge on any atom is 0.185 e. The van der Waals surface area contributed by atoms with Crippen molar-refractivity contribution < 1.29 is 9.53 Å². The van der Waals surface area contributed by atoms with Gasteiger partial charge in [-0.2, -0.15) is 0 Å². The number of benzene rings is 1. The van der Waals surface area contributed by atoms with E-state index in [4.69, 9.17) is 4.74 Å². The molecule has 0 saturated heterocycles. The number of hydrogen-bond acceptors (Lipinski definition) is 3. The van der Waals surface area contributed by atoms with E-state index in [2.05, 4.69) is 20.9 Å². The molecule has 0 aliphatic carbocycles. The van der Waals surface area contributed by atoms with Gasteiger partial charge in [-0.05, 0) is 55.5 Å². The van der Waals surface area contributed by atoms with Gasteiger partial charge in [0.15, 0.2) is 5.78 Å². The molecule has 0 amide bonds. The van der Waals surface area contributed by atoms with Gasteiger partial charge in [-0.15, -0.1) is 0 Å². The second kappa shape index (κ2) is 7.01. The van der Waals surface area contributed by atoms with Crippen LogP contribution in [0.1, 0.15) is 23.0 Å². The van der Waals surface area contributed by atoms with Crippen LogP contribution < -0.4 is 4.74 Å². The lowest BCUT2D eigenvalue weighted by Gasteiger charge is -2.01. The quantitative estimate of drug-likeness (QED) is 0.610. The van der Waals surface area contributed by atoms with Crippen molar-refractivity contribution in [3.05, 3.63) is 64.4 Å². The van der Waals surface area contributed by atoms with E-state index in [1.165, 1.54) is 6.08 Å². The van der Waals surface area contributed by atoms with Crippen molar-refractivity contribution >= 4 is 27.8 Å². The van der Waals surface area contributed by atoms with Crippen molar-refractivity contribution in [2.75, 3.05) is 6.61 Å². The predicted octanol–water partition coefficient (Wildman–Crippen LogP) is 4.14. The van der Waals surface area contributed by atoms with Crippen LogP contribution in [0.25, 0.3) is 6.08 Å². The van der Waals surface area contributed by atoms with Gasteiger partial charge in [-0.1, -0.05) is 15.9 Å². The minimum atomic E-state index is -0.0480. The molecule has 102 valence electrons. The molecule has 0 spiro atoms. The largest absolute Gasteiger partial charge is 0.492 e. The molecular weight excluding hydrogens is 318 g/mol. The smallest absolute Gasteiger partial charge is 0.185 e. The van der Waals surface area contributed by atoms with Crippen LogP contribution in [0.2, 0.25) is 0 Å². The molecule has 0 aliphatic rings. The Kier molecular flexibility index (Phi) is 5.07. The zero-order valence-corrected chi connectivity index (χ0v) is 12.6. The van der Waals surface area contributed by atoms with E-state index in [0.717, 1.165) is 15.9 Å². The second-order valence-corrected chi connectivity index (χ2v) is 4.97. The van der Waals surface area contributed by atoms with Crippen molar-refractivity contribution in [3.8, 4) is 5.75 Å². The summed E-state index contributed by atoms with van der Waals surface area (Å²) in [7, 11) is 0. The maximum absolute atomic E-state index is 11.9. The summed E-state index contributed by atoms with van der Waals surface area (Å²) in [5.41, 5.74) is 1.37. The molecule has 0 N–H and O–H groups in total. The number of nitrogens with zero attached hydrogens (tertiary/aromatic N) is 1. The van der Waals surface area contributed by atoms with E-state index in [0.29, 0.717) is 12.2 Å². The summed E-state index contributed by atoms with van der Waals surface area (Å²) in [6.45, 7) is 2.53. The highest BCUT2D eigenvalue weighted by Crippen LogP contribution is 2.13. The topological polar surface area (TPSA) is 39.2 Å². The van der Waals surface area contributed by atoms with Gasteiger partial charge in [-0.25, -0.2) is 0 Å². The summed E-state index contributed by atoms with van der Waals surface area (Å²) < 4.78 is 6.26. The van der Waals surface area contributed by atoms with Crippen molar-refractivity contribution in [3.63, 3.8) is 0 Å². The van der Waals surface area contributed by atoms with Crippen molar-refractivity contribution in [2.24, 2.45) is 0 Å². The Balaban J connectivity index is 2.04. The fraction of sp³-hybridized carbons (Fsp3) is 0.125. The van der Waals surface area contributed by atoms with E-state index in [9.17, 15) is 4.79 Å². The zero-order valence-electron chi connectivity index (χ0n) is 11.0. The van der Waals surface area contributed by atoms with E-state index in [-0.39, 0.29) is 5.78 Å². The van der Waals surface area contributed by atoms with Crippen LogP contribution >= 0.6 is 15.9 Å². The van der Waals surface area contributed by atoms with E-state index >= 15 is 0 Å². The van der Waals surface area contributed by atoms with E-state index in [1.54, 1.807) is 24.4 Å². The minimum Gasteiger partial charge on any atom is -0.492 e. The number of carbonyl (C=O) groups excluding carboxylic acids is 1. The van der Waals surface area contributed by atoms with Crippen LogP contribution in [0.5, 0.6) is 5.75 Å². The van der Waals surface area contributed by atoms with Gasteiger partial charge in [0, 0.05) is 10.0 Å². The maximum atomic E-state index is 11.9. The van der Waals surface area contributed by atoms with Gasteiger partial charge < -0.3 is 4.74 Å². The molecular formula is C16H14BrNO2. The van der Waals surface area contributed by atoms with Crippen molar-refractivity contribution in [2.45, 2.75) is 6.92 Å². The highest BCUT2D eigenvalue weighted by atomic mass is 79.9. The second-order valence-electron chi connectivity index (χ2n) is 4.06. The predicted molar refractivity (Wildman–Crippen MR) is 82.9 cm³/mol. The van der Waals surface area contributed by atoms with E-state index in [1.807, 2.05) is 31.2 Å². The fourth-order valence-electron chi connectivity index (χ4n) is 1.61. The van der Waals surface area contributed by atoms with Gasteiger partial charge >= 0.3 is 0 Å². The summed E-state index contributed by atoms with van der Waals surface area (Å²) in [5.74, 6) is 0.678. The first-order valence-electron chi connectivity index (χ1n) is 6.26. The third-order valence-electron chi connectivity index (χ3n) is 2.60. The first kappa shape index (κ1) is 14.5. The number of carbonyl (C=O) groups is 1. The number of rotatable bonds is 5. The lowest BCUT2D eigenvalue weighted by Crippen LogP contribution is -1.94. The average molecular weight is 332 g/mol. The summed E-state index contributed by atoms with van der Waals surface area (Å²) in [4.78, 5) is 16.1. The summed E-state index contributed by atoms with van der Waals surface area (Å²) in [5, 5.41) is 0. The van der Waals surface area contributed by atoms with Crippen LogP contribution in [0.15, 0.2) is 53.1 Å². The molecule has 4 heteroatoms. The summed E-state index contributed by atoms with van der Waals surface area (Å²) >= 11 is 3.34. The van der Waals surface area contributed by atoms with Gasteiger partial charge in [0.1, 0.15) is 5.75 Å².